The third kappa shape index (κ3) is 3.74. The van der Waals surface area contributed by atoms with Gasteiger partial charge in [-0.25, -0.2) is 9.78 Å². The number of hydrogen-bond acceptors (Lipinski definition) is 4. The molecular formula is C14H21ClF3N5O2. The summed E-state index contributed by atoms with van der Waals surface area (Å²) in [5.41, 5.74) is -1.96. The van der Waals surface area contributed by atoms with Gasteiger partial charge in [-0.2, -0.15) is 13.2 Å². The third-order valence-corrected chi connectivity index (χ3v) is 4.14. The van der Waals surface area contributed by atoms with E-state index in [1.54, 1.807) is 0 Å². The molecule has 7 nitrogen and oxygen atoms in total. The van der Waals surface area contributed by atoms with Gasteiger partial charge in [-0.05, 0) is 13.1 Å². The number of rotatable bonds is 5. The van der Waals surface area contributed by atoms with Gasteiger partial charge >= 0.3 is 11.9 Å². The zero-order valence-corrected chi connectivity index (χ0v) is 15.2. The molecule has 0 aliphatic rings. The molecule has 2 rings (SSSR count). The minimum atomic E-state index is -4.72. The Morgan fingerprint density at radius 3 is 2.12 bits per heavy atom. The Bertz CT molecular complexity index is 864. The van der Waals surface area contributed by atoms with Crippen molar-refractivity contribution in [1.82, 2.24) is 23.6 Å². The van der Waals surface area contributed by atoms with E-state index in [1.165, 1.54) is 14.1 Å². The highest BCUT2D eigenvalue weighted by Crippen LogP contribution is 2.30. The highest BCUT2D eigenvalue weighted by molar-refractivity contribution is 5.85. The van der Waals surface area contributed by atoms with Gasteiger partial charge in [0, 0.05) is 27.2 Å². The maximum absolute atomic E-state index is 13.3. The molecule has 0 saturated carbocycles. The molecule has 2 heterocycles. The van der Waals surface area contributed by atoms with Crippen LogP contribution in [0, 0.1) is 0 Å². The van der Waals surface area contributed by atoms with Crippen molar-refractivity contribution in [3.8, 4) is 0 Å². The number of likely N-dealkylation sites (N-methyl/N-ethyl adjacent to an activating group) is 1. The Labute approximate surface area is 148 Å². The van der Waals surface area contributed by atoms with E-state index in [-0.39, 0.29) is 30.1 Å². The molecule has 0 radical (unpaired) electrons. The first-order chi connectivity index (χ1) is 11.1. The monoisotopic (exact) mass is 383 g/mol. The van der Waals surface area contributed by atoms with Gasteiger partial charge in [-0.15, -0.1) is 12.4 Å². The molecule has 0 N–H and O–H groups in total. The normalized spacial score (nSPS) is 12.0. The molecule has 0 saturated heterocycles. The van der Waals surface area contributed by atoms with Crippen LogP contribution in [-0.2, 0) is 26.8 Å². The van der Waals surface area contributed by atoms with Crippen LogP contribution in [0.4, 0.5) is 13.2 Å². The highest BCUT2D eigenvalue weighted by atomic mass is 35.5. The molecule has 0 aliphatic carbocycles. The summed E-state index contributed by atoms with van der Waals surface area (Å²) in [5.74, 6) is -1.16. The number of aromatic nitrogens is 4. The molecule has 0 atom stereocenters. The second-order valence-electron chi connectivity index (χ2n) is 5.49. The number of fused-ring (bicyclic) bond motifs is 1. The first kappa shape index (κ1) is 21.2. The molecule has 0 unspecified atom stereocenters. The van der Waals surface area contributed by atoms with Crippen LogP contribution in [0.25, 0.3) is 11.2 Å². The fraction of sp³-hybridized carbons (Fsp3) is 0.643. The van der Waals surface area contributed by atoms with E-state index in [1.807, 2.05) is 18.7 Å². The number of aryl methyl sites for hydroxylation is 1. The van der Waals surface area contributed by atoms with Crippen molar-refractivity contribution in [2.45, 2.75) is 26.6 Å². The summed E-state index contributed by atoms with van der Waals surface area (Å²) in [6, 6.07) is 0. The van der Waals surface area contributed by atoms with E-state index in [0.717, 1.165) is 13.7 Å². The number of hydrogen-bond donors (Lipinski definition) is 0. The molecule has 25 heavy (non-hydrogen) atoms. The molecule has 142 valence electrons. The lowest BCUT2D eigenvalue weighted by atomic mass is 10.4. The Balaban J connectivity index is 0.00000312. The van der Waals surface area contributed by atoms with Crippen molar-refractivity contribution in [2.75, 3.05) is 19.6 Å². The van der Waals surface area contributed by atoms with Gasteiger partial charge in [0.25, 0.3) is 5.56 Å². The summed E-state index contributed by atoms with van der Waals surface area (Å²) in [6.45, 7) is 5.47. The molecule has 0 amide bonds. The van der Waals surface area contributed by atoms with Crippen LogP contribution in [0.5, 0.6) is 0 Å². The number of alkyl halides is 3. The fourth-order valence-electron chi connectivity index (χ4n) is 2.66. The SMILES string of the molecule is CCN(CC)CCn1c(C(F)(F)F)nc2c1c(=O)n(C)c(=O)n2C.Cl. The van der Waals surface area contributed by atoms with Gasteiger partial charge in [-0.1, -0.05) is 13.8 Å². The van der Waals surface area contributed by atoms with E-state index >= 15 is 0 Å². The van der Waals surface area contributed by atoms with Gasteiger partial charge in [0.2, 0.25) is 5.82 Å². The lowest BCUT2D eigenvalue weighted by molar-refractivity contribution is -0.147. The Morgan fingerprint density at radius 1 is 1.08 bits per heavy atom. The fourth-order valence-corrected chi connectivity index (χ4v) is 2.66. The summed E-state index contributed by atoms with van der Waals surface area (Å²) < 4.78 is 42.7. The smallest absolute Gasteiger partial charge is 0.313 e. The maximum atomic E-state index is 13.3. The van der Waals surface area contributed by atoms with Crippen molar-refractivity contribution in [3.63, 3.8) is 0 Å². The van der Waals surface area contributed by atoms with Gasteiger partial charge in [0.1, 0.15) is 0 Å². The molecule has 0 aromatic carbocycles. The van der Waals surface area contributed by atoms with Crippen molar-refractivity contribution in [1.29, 1.82) is 0 Å². The number of nitrogens with zero attached hydrogens (tertiary/aromatic N) is 5. The second kappa shape index (κ2) is 7.61. The van der Waals surface area contributed by atoms with Crippen molar-refractivity contribution in [2.24, 2.45) is 14.1 Å². The highest BCUT2D eigenvalue weighted by Gasteiger charge is 2.39. The molecular weight excluding hydrogens is 363 g/mol. The van der Waals surface area contributed by atoms with Gasteiger partial charge in [0.15, 0.2) is 11.2 Å². The predicted octanol–water partition coefficient (Wildman–Crippen LogP) is 1.22. The van der Waals surface area contributed by atoms with Crippen LogP contribution < -0.4 is 11.2 Å². The van der Waals surface area contributed by atoms with Crippen LogP contribution in [0.1, 0.15) is 19.7 Å². The summed E-state index contributed by atoms with van der Waals surface area (Å²) in [6.07, 6.45) is -4.72. The minimum Gasteiger partial charge on any atom is -0.313 e. The van der Waals surface area contributed by atoms with Crippen LogP contribution in [-0.4, -0.2) is 43.2 Å². The quantitative estimate of drug-likeness (QED) is 0.778. The number of imidazole rings is 1. The first-order valence-electron chi connectivity index (χ1n) is 7.59. The Morgan fingerprint density at radius 2 is 1.64 bits per heavy atom. The molecule has 2 aromatic heterocycles. The van der Waals surface area contributed by atoms with Crippen LogP contribution in [0.2, 0.25) is 0 Å². The van der Waals surface area contributed by atoms with Crippen LogP contribution in [0.15, 0.2) is 9.59 Å². The maximum Gasteiger partial charge on any atom is 0.449 e. The largest absolute Gasteiger partial charge is 0.449 e. The van der Waals surface area contributed by atoms with Crippen molar-refractivity contribution < 1.29 is 13.2 Å². The van der Waals surface area contributed by atoms with E-state index in [4.69, 9.17) is 0 Å². The summed E-state index contributed by atoms with van der Waals surface area (Å²) >= 11 is 0. The third-order valence-electron chi connectivity index (χ3n) is 4.14. The second-order valence-corrected chi connectivity index (χ2v) is 5.49. The Kier molecular flexibility index (Phi) is 6.46. The zero-order valence-electron chi connectivity index (χ0n) is 14.4. The molecule has 0 fully saturated rings. The first-order valence-corrected chi connectivity index (χ1v) is 7.59. The van der Waals surface area contributed by atoms with E-state index in [0.29, 0.717) is 19.6 Å². The molecule has 0 bridgehead atoms. The average Bonchev–Trinajstić information content (AvgIpc) is 2.91. The average molecular weight is 384 g/mol. The molecule has 0 aliphatic heterocycles. The predicted molar refractivity (Wildman–Crippen MR) is 90.3 cm³/mol. The summed E-state index contributed by atoms with van der Waals surface area (Å²) in [4.78, 5) is 29.8. The van der Waals surface area contributed by atoms with E-state index in [2.05, 4.69) is 4.98 Å². The molecule has 2 aromatic rings. The standard InChI is InChI=1S/C14H20F3N5O2.ClH/c1-5-21(6-2)7-8-22-9-10(18-12(22)14(15,16)17)19(3)13(24)20(4)11(9)23;/h5-8H2,1-4H3;1H. The van der Waals surface area contributed by atoms with Crippen molar-refractivity contribution in [3.05, 3.63) is 26.7 Å². The van der Waals surface area contributed by atoms with Gasteiger partial charge in [0.05, 0.1) is 0 Å². The summed E-state index contributed by atoms with van der Waals surface area (Å²) in [7, 11) is 2.53. The van der Waals surface area contributed by atoms with Crippen LogP contribution >= 0.6 is 12.4 Å². The van der Waals surface area contributed by atoms with Crippen LogP contribution in [0.3, 0.4) is 0 Å². The Hall–Kier alpha value is -1.81. The zero-order chi connectivity index (χ0) is 18.2. The minimum absolute atomic E-state index is 0. The lowest BCUT2D eigenvalue weighted by Gasteiger charge is -2.19. The van der Waals surface area contributed by atoms with Gasteiger partial charge < -0.3 is 9.47 Å². The lowest BCUT2D eigenvalue weighted by Crippen LogP contribution is -2.38. The van der Waals surface area contributed by atoms with Gasteiger partial charge in [-0.3, -0.25) is 13.9 Å². The summed E-state index contributed by atoms with van der Waals surface area (Å²) in [5, 5.41) is 0. The van der Waals surface area contributed by atoms with E-state index < -0.39 is 23.2 Å². The molecule has 11 heteroatoms. The molecule has 0 spiro atoms. The van der Waals surface area contributed by atoms with Crippen molar-refractivity contribution >= 4 is 23.6 Å². The number of halogens is 4. The topological polar surface area (TPSA) is 65.1 Å². The van der Waals surface area contributed by atoms with E-state index in [9.17, 15) is 22.8 Å².